The Labute approximate surface area is 119 Å². The van der Waals surface area contributed by atoms with Gasteiger partial charge >= 0.3 is 0 Å². The van der Waals surface area contributed by atoms with Crippen LogP contribution in [0.4, 0.5) is 0 Å². The van der Waals surface area contributed by atoms with Gasteiger partial charge in [0.1, 0.15) is 0 Å². The average Bonchev–Trinajstić information content (AvgIpc) is 2.32. The third kappa shape index (κ3) is 7.91. The van der Waals surface area contributed by atoms with Crippen LogP contribution in [0.25, 0.3) is 0 Å². The predicted molar refractivity (Wildman–Crippen MR) is 82.4 cm³/mol. The lowest BCUT2D eigenvalue weighted by molar-refractivity contribution is -0.000835. The standard InChI is InChI=1S/C16H34N2O/c1-5-11-19-15-7-6-9-18(13-15)10-8-14(17)12-16(2,3)4/h14-15H,5-13,17H2,1-4H3. The van der Waals surface area contributed by atoms with Crippen molar-refractivity contribution in [2.24, 2.45) is 11.1 Å². The first kappa shape index (κ1) is 16.9. The van der Waals surface area contributed by atoms with Crippen LogP contribution in [0.15, 0.2) is 0 Å². The monoisotopic (exact) mass is 270 g/mol. The molecule has 3 heteroatoms. The van der Waals surface area contributed by atoms with Crippen molar-refractivity contribution < 1.29 is 4.74 Å². The molecule has 0 spiro atoms. The van der Waals surface area contributed by atoms with Crippen LogP contribution in [0.3, 0.4) is 0 Å². The number of piperidine rings is 1. The van der Waals surface area contributed by atoms with Crippen molar-refractivity contribution in [3.8, 4) is 0 Å². The highest BCUT2D eigenvalue weighted by molar-refractivity contribution is 4.77. The molecule has 1 fully saturated rings. The summed E-state index contributed by atoms with van der Waals surface area (Å²) in [6.07, 6.45) is 6.28. The summed E-state index contributed by atoms with van der Waals surface area (Å²) in [6, 6.07) is 0.330. The Bertz CT molecular complexity index is 237. The van der Waals surface area contributed by atoms with Gasteiger partial charge in [-0.2, -0.15) is 0 Å². The first-order valence-electron chi connectivity index (χ1n) is 8.00. The molecule has 0 aromatic carbocycles. The zero-order valence-corrected chi connectivity index (χ0v) is 13.5. The van der Waals surface area contributed by atoms with E-state index in [1.165, 1.54) is 19.4 Å². The maximum absolute atomic E-state index is 6.23. The molecule has 1 heterocycles. The Morgan fingerprint density at radius 3 is 2.74 bits per heavy atom. The molecule has 0 aromatic rings. The number of hydrogen-bond acceptors (Lipinski definition) is 3. The van der Waals surface area contributed by atoms with Crippen LogP contribution in [-0.2, 0) is 4.74 Å². The Kier molecular flexibility index (Phi) is 7.33. The predicted octanol–water partition coefficient (Wildman–Crippen LogP) is 3.03. The van der Waals surface area contributed by atoms with Crippen LogP contribution in [0, 0.1) is 5.41 Å². The summed E-state index contributed by atoms with van der Waals surface area (Å²) in [5, 5.41) is 0. The summed E-state index contributed by atoms with van der Waals surface area (Å²) in [5.41, 5.74) is 6.58. The van der Waals surface area contributed by atoms with Gasteiger partial charge in [0, 0.05) is 19.2 Å². The fourth-order valence-corrected chi connectivity index (χ4v) is 2.87. The number of likely N-dealkylation sites (tertiary alicyclic amines) is 1. The lowest BCUT2D eigenvalue weighted by Gasteiger charge is -2.33. The first-order valence-corrected chi connectivity index (χ1v) is 8.00. The summed E-state index contributed by atoms with van der Waals surface area (Å²) in [6.45, 7) is 13.3. The lowest BCUT2D eigenvalue weighted by Crippen LogP contribution is -2.42. The van der Waals surface area contributed by atoms with Crippen LogP contribution in [0.1, 0.15) is 59.8 Å². The van der Waals surface area contributed by atoms with Crippen LogP contribution < -0.4 is 5.73 Å². The van der Waals surface area contributed by atoms with E-state index >= 15 is 0 Å². The van der Waals surface area contributed by atoms with Crippen molar-refractivity contribution in [2.75, 3.05) is 26.2 Å². The topological polar surface area (TPSA) is 38.5 Å². The van der Waals surface area contributed by atoms with E-state index in [9.17, 15) is 0 Å². The first-order chi connectivity index (χ1) is 8.90. The Morgan fingerprint density at radius 2 is 2.11 bits per heavy atom. The smallest absolute Gasteiger partial charge is 0.0702 e. The van der Waals surface area contributed by atoms with Crippen molar-refractivity contribution >= 4 is 0 Å². The molecule has 0 aromatic heterocycles. The van der Waals surface area contributed by atoms with Gasteiger partial charge in [0.2, 0.25) is 0 Å². The summed E-state index contributed by atoms with van der Waals surface area (Å²) in [7, 11) is 0. The van der Waals surface area contributed by atoms with Gasteiger partial charge in [-0.1, -0.05) is 27.7 Å². The molecular weight excluding hydrogens is 236 g/mol. The van der Waals surface area contributed by atoms with Gasteiger partial charge < -0.3 is 15.4 Å². The third-order valence-corrected chi connectivity index (χ3v) is 3.71. The molecule has 2 unspecified atom stereocenters. The molecule has 1 aliphatic heterocycles. The molecule has 0 bridgehead atoms. The minimum atomic E-state index is 0.330. The molecule has 0 aliphatic carbocycles. The van der Waals surface area contributed by atoms with Crippen molar-refractivity contribution in [3.63, 3.8) is 0 Å². The maximum Gasteiger partial charge on any atom is 0.0702 e. The third-order valence-electron chi connectivity index (χ3n) is 3.71. The Morgan fingerprint density at radius 1 is 1.37 bits per heavy atom. The number of rotatable bonds is 7. The van der Waals surface area contributed by atoms with Crippen molar-refractivity contribution in [1.29, 1.82) is 0 Å². The molecule has 1 saturated heterocycles. The van der Waals surface area contributed by atoms with E-state index in [1.54, 1.807) is 0 Å². The molecule has 2 atom stereocenters. The summed E-state index contributed by atoms with van der Waals surface area (Å²) in [5.74, 6) is 0. The molecule has 1 rings (SSSR count). The number of hydrogen-bond donors (Lipinski definition) is 1. The second kappa shape index (κ2) is 8.23. The number of nitrogens with two attached hydrogens (primary N) is 1. The lowest BCUT2D eigenvalue weighted by atomic mass is 9.87. The van der Waals surface area contributed by atoms with Gasteiger partial charge in [-0.3, -0.25) is 0 Å². The van der Waals surface area contributed by atoms with E-state index in [4.69, 9.17) is 10.5 Å². The zero-order valence-electron chi connectivity index (χ0n) is 13.5. The second-order valence-corrected chi connectivity index (χ2v) is 7.25. The molecule has 2 N–H and O–H groups in total. The normalized spacial score (nSPS) is 23.5. The van der Waals surface area contributed by atoms with E-state index in [0.717, 1.165) is 39.0 Å². The molecule has 114 valence electrons. The highest BCUT2D eigenvalue weighted by Crippen LogP contribution is 2.21. The fourth-order valence-electron chi connectivity index (χ4n) is 2.87. The SMILES string of the molecule is CCCOC1CCCN(CCC(N)CC(C)(C)C)C1. The van der Waals surface area contributed by atoms with Gasteiger partial charge in [0.25, 0.3) is 0 Å². The van der Waals surface area contributed by atoms with E-state index in [-0.39, 0.29) is 0 Å². The van der Waals surface area contributed by atoms with Gasteiger partial charge in [0.05, 0.1) is 6.10 Å². The zero-order chi connectivity index (χ0) is 14.3. The van der Waals surface area contributed by atoms with Crippen LogP contribution in [0.5, 0.6) is 0 Å². The fraction of sp³-hybridized carbons (Fsp3) is 1.00. The number of nitrogens with zero attached hydrogens (tertiary/aromatic N) is 1. The van der Waals surface area contributed by atoms with E-state index in [1.807, 2.05) is 0 Å². The van der Waals surface area contributed by atoms with E-state index in [2.05, 4.69) is 32.6 Å². The van der Waals surface area contributed by atoms with E-state index < -0.39 is 0 Å². The minimum absolute atomic E-state index is 0.330. The van der Waals surface area contributed by atoms with Crippen molar-refractivity contribution in [2.45, 2.75) is 71.9 Å². The number of ether oxygens (including phenoxy) is 1. The molecule has 0 radical (unpaired) electrons. The highest BCUT2D eigenvalue weighted by Gasteiger charge is 2.21. The molecule has 19 heavy (non-hydrogen) atoms. The summed E-state index contributed by atoms with van der Waals surface area (Å²) in [4.78, 5) is 2.53. The van der Waals surface area contributed by atoms with Crippen LogP contribution >= 0.6 is 0 Å². The molecule has 3 nitrogen and oxygen atoms in total. The molecule has 1 aliphatic rings. The van der Waals surface area contributed by atoms with Gasteiger partial charge in [-0.05, 0) is 50.6 Å². The summed E-state index contributed by atoms with van der Waals surface area (Å²) < 4.78 is 5.88. The largest absolute Gasteiger partial charge is 0.377 e. The highest BCUT2D eigenvalue weighted by atomic mass is 16.5. The molecule has 0 amide bonds. The average molecular weight is 270 g/mol. The van der Waals surface area contributed by atoms with Gasteiger partial charge in [-0.25, -0.2) is 0 Å². The Hall–Kier alpha value is -0.120. The van der Waals surface area contributed by atoms with Gasteiger partial charge in [-0.15, -0.1) is 0 Å². The van der Waals surface area contributed by atoms with Crippen LogP contribution in [0.2, 0.25) is 0 Å². The van der Waals surface area contributed by atoms with Crippen molar-refractivity contribution in [3.05, 3.63) is 0 Å². The minimum Gasteiger partial charge on any atom is -0.377 e. The Balaban J connectivity index is 2.21. The summed E-state index contributed by atoms with van der Waals surface area (Å²) >= 11 is 0. The van der Waals surface area contributed by atoms with E-state index in [0.29, 0.717) is 17.6 Å². The molecule has 0 saturated carbocycles. The maximum atomic E-state index is 6.23. The van der Waals surface area contributed by atoms with Crippen LogP contribution in [-0.4, -0.2) is 43.3 Å². The second-order valence-electron chi connectivity index (χ2n) is 7.25. The molecular formula is C16H34N2O. The quantitative estimate of drug-likeness (QED) is 0.773. The van der Waals surface area contributed by atoms with Crippen molar-refractivity contribution in [1.82, 2.24) is 4.90 Å². The van der Waals surface area contributed by atoms with Gasteiger partial charge in [0.15, 0.2) is 0 Å².